The molecule has 0 spiro atoms. The van der Waals surface area contributed by atoms with Gasteiger partial charge >= 0.3 is 0 Å². The fourth-order valence-corrected chi connectivity index (χ4v) is 1.94. The lowest BCUT2D eigenvalue weighted by molar-refractivity contribution is -0.384. The van der Waals surface area contributed by atoms with Gasteiger partial charge in [-0.25, -0.2) is 0 Å². The van der Waals surface area contributed by atoms with E-state index in [-0.39, 0.29) is 5.69 Å². The highest BCUT2D eigenvalue weighted by Crippen LogP contribution is 2.17. The zero-order valence-electron chi connectivity index (χ0n) is 10.2. The molecular weight excluding hydrogens is 240 g/mol. The van der Waals surface area contributed by atoms with Crippen molar-refractivity contribution in [3.05, 3.63) is 75.3 Å². The molecule has 0 aliphatic carbocycles. The first kappa shape index (κ1) is 12.8. The number of nitrogens with zero attached hydrogens (tertiary/aromatic N) is 2. The van der Waals surface area contributed by atoms with Crippen LogP contribution in [0, 0.1) is 21.4 Å². The third-order valence-corrected chi connectivity index (χ3v) is 2.93. The lowest BCUT2D eigenvalue weighted by atomic mass is 9.98. The van der Waals surface area contributed by atoms with Crippen molar-refractivity contribution in [2.24, 2.45) is 0 Å². The second kappa shape index (κ2) is 5.78. The van der Waals surface area contributed by atoms with Gasteiger partial charge in [-0.15, -0.1) is 0 Å². The summed E-state index contributed by atoms with van der Waals surface area (Å²) in [5.74, 6) is 0. The number of hydrogen-bond acceptors (Lipinski definition) is 3. The number of nitriles is 1. The van der Waals surface area contributed by atoms with Crippen LogP contribution in [0.3, 0.4) is 0 Å². The Labute approximate surface area is 111 Å². The summed E-state index contributed by atoms with van der Waals surface area (Å²) >= 11 is 0. The predicted octanol–water partition coefficient (Wildman–Crippen LogP) is 3.25. The molecular formula is C15H12N2O2. The van der Waals surface area contributed by atoms with Crippen LogP contribution in [0.15, 0.2) is 48.5 Å². The van der Waals surface area contributed by atoms with Gasteiger partial charge in [0.15, 0.2) is 0 Å². The molecule has 0 aromatic heterocycles. The summed E-state index contributed by atoms with van der Waals surface area (Å²) in [6, 6.07) is 16.4. The molecule has 0 N–H and O–H groups in total. The Balaban J connectivity index is 2.21. The van der Waals surface area contributed by atoms with Crippen molar-refractivity contribution < 1.29 is 4.92 Å². The van der Waals surface area contributed by atoms with Crippen LogP contribution in [0.4, 0.5) is 5.69 Å². The third kappa shape index (κ3) is 3.17. The molecule has 4 nitrogen and oxygen atoms in total. The quantitative estimate of drug-likeness (QED) is 0.619. The topological polar surface area (TPSA) is 66.9 Å². The standard InChI is InChI=1S/C15H12N2O2/c16-10-9-13-3-1-2-4-14(13)11-12-5-7-15(8-6-12)17(18)19/h1-8H,9,11H2. The largest absolute Gasteiger partial charge is 0.269 e. The van der Waals surface area contributed by atoms with Crippen LogP contribution in [-0.2, 0) is 12.8 Å². The predicted molar refractivity (Wildman–Crippen MR) is 71.7 cm³/mol. The molecule has 0 unspecified atom stereocenters. The molecule has 0 aliphatic heterocycles. The molecule has 0 atom stereocenters. The molecule has 0 saturated heterocycles. The van der Waals surface area contributed by atoms with E-state index in [4.69, 9.17) is 5.26 Å². The fraction of sp³-hybridized carbons (Fsp3) is 0.133. The highest BCUT2D eigenvalue weighted by atomic mass is 16.6. The number of non-ortho nitro benzene ring substituents is 1. The maximum absolute atomic E-state index is 10.6. The highest BCUT2D eigenvalue weighted by molar-refractivity contribution is 5.38. The molecule has 0 heterocycles. The number of nitro benzene ring substituents is 1. The van der Waals surface area contributed by atoms with Crippen LogP contribution in [0.5, 0.6) is 0 Å². The minimum atomic E-state index is -0.409. The lowest BCUT2D eigenvalue weighted by Crippen LogP contribution is -1.95. The molecule has 2 aromatic carbocycles. The van der Waals surface area contributed by atoms with E-state index in [2.05, 4.69) is 6.07 Å². The normalized spacial score (nSPS) is 9.84. The second-order valence-corrected chi connectivity index (χ2v) is 4.20. The van der Waals surface area contributed by atoms with Gasteiger partial charge in [0.2, 0.25) is 0 Å². The SMILES string of the molecule is N#CCc1ccccc1Cc1ccc([N+](=O)[O-])cc1. The van der Waals surface area contributed by atoms with Crippen LogP contribution in [0.1, 0.15) is 16.7 Å². The van der Waals surface area contributed by atoms with Crippen molar-refractivity contribution >= 4 is 5.69 Å². The zero-order chi connectivity index (χ0) is 13.7. The summed E-state index contributed by atoms with van der Waals surface area (Å²) in [7, 11) is 0. The van der Waals surface area contributed by atoms with Crippen molar-refractivity contribution in [1.29, 1.82) is 5.26 Å². The smallest absolute Gasteiger partial charge is 0.258 e. The monoisotopic (exact) mass is 252 g/mol. The van der Waals surface area contributed by atoms with Crippen molar-refractivity contribution in [1.82, 2.24) is 0 Å². The molecule has 2 rings (SSSR count). The Morgan fingerprint density at radius 3 is 2.26 bits per heavy atom. The van der Waals surface area contributed by atoms with Gasteiger partial charge in [-0.2, -0.15) is 5.26 Å². The van der Waals surface area contributed by atoms with Crippen LogP contribution >= 0.6 is 0 Å². The van der Waals surface area contributed by atoms with E-state index in [9.17, 15) is 10.1 Å². The van der Waals surface area contributed by atoms with Gasteiger partial charge in [-0.1, -0.05) is 36.4 Å². The molecule has 0 amide bonds. The first-order chi connectivity index (χ1) is 9.20. The lowest BCUT2D eigenvalue weighted by Gasteiger charge is -2.06. The summed E-state index contributed by atoms with van der Waals surface area (Å²) < 4.78 is 0. The van der Waals surface area contributed by atoms with Crippen molar-refractivity contribution in [2.45, 2.75) is 12.8 Å². The minimum Gasteiger partial charge on any atom is -0.258 e. The molecule has 0 fully saturated rings. The average molecular weight is 252 g/mol. The summed E-state index contributed by atoms with van der Waals surface area (Å²) in [4.78, 5) is 10.2. The number of hydrogen-bond donors (Lipinski definition) is 0. The van der Waals surface area contributed by atoms with E-state index < -0.39 is 4.92 Å². The van der Waals surface area contributed by atoms with Crippen LogP contribution in [0.25, 0.3) is 0 Å². The van der Waals surface area contributed by atoms with E-state index in [1.165, 1.54) is 12.1 Å². The molecule has 0 aliphatic rings. The molecule has 19 heavy (non-hydrogen) atoms. The van der Waals surface area contributed by atoms with Crippen molar-refractivity contribution in [2.75, 3.05) is 0 Å². The third-order valence-electron chi connectivity index (χ3n) is 2.93. The van der Waals surface area contributed by atoms with Gasteiger partial charge in [0.25, 0.3) is 5.69 Å². The van der Waals surface area contributed by atoms with Gasteiger partial charge in [0.1, 0.15) is 0 Å². The molecule has 4 heteroatoms. The van der Waals surface area contributed by atoms with Gasteiger partial charge in [0.05, 0.1) is 17.4 Å². The minimum absolute atomic E-state index is 0.0917. The summed E-state index contributed by atoms with van der Waals surface area (Å²) in [5.41, 5.74) is 3.17. The number of benzene rings is 2. The molecule has 2 aromatic rings. The molecule has 0 saturated carbocycles. The van der Waals surface area contributed by atoms with Gasteiger partial charge in [-0.3, -0.25) is 10.1 Å². The van der Waals surface area contributed by atoms with E-state index in [1.807, 2.05) is 24.3 Å². The first-order valence-corrected chi connectivity index (χ1v) is 5.88. The maximum atomic E-state index is 10.6. The Morgan fingerprint density at radius 2 is 1.68 bits per heavy atom. The Bertz CT molecular complexity index is 627. The summed E-state index contributed by atoms with van der Waals surface area (Å²) in [5, 5.41) is 19.4. The first-order valence-electron chi connectivity index (χ1n) is 5.88. The Morgan fingerprint density at radius 1 is 1.05 bits per heavy atom. The van der Waals surface area contributed by atoms with E-state index in [0.717, 1.165) is 16.7 Å². The van der Waals surface area contributed by atoms with Crippen LogP contribution < -0.4 is 0 Å². The summed E-state index contributed by atoms with van der Waals surface area (Å²) in [6.07, 6.45) is 1.05. The average Bonchev–Trinajstić information content (AvgIpc) is 2.42. The van der Waals surface area contributed by atoms with Crippen LogP contribution in [-0.4, -0.2) is 4.92 Å². The van der Waals surface area contributed by atoms with E-state index >= 15 is 0 Å². The van der Waals surface area contributed by atoms with Gasteiger partial charge < -0.3 is 0 Å². The van der Waals surface area contributed by atoms with E-state index in [0.29, 0.717) is 12.8 Å². The maximum Gasteiger partial charge on any atom is 0.269 e. The zero-order valence-corrected chi connectivity index (χ0v) is 10.2. The summed E-state index contributed by atoms with van der Waals surface area (Å²) in [6.45, 7) is 0. The molecule has 0 bridgehead atoms. The van der Waals surface area contributed by atoms with E-state index in [1.54, 1.807) is 12.1 Å². The number of rotatable bonds is 4. The second-order valence-electron chi connectivity index (χ2n) is 4.20. The van der Waals surface area contributed by atoms with Crippen molar-refractivity contribution in [3.8, 4) is 6.07 Å². The molecule has 0 radical (unpaired) electrons. The fourth-order valence-electron chi connectivity index (χ4n) is 1.94. The Kier molecular flexibility index (Phi) is 3.89. The van der Waals surface area contributed by atoms with Gasteiger partial charge in [-0.05, 0) is 23.1 Å². The highest BCUT2D eigenvalue weighted by Gasteiger charge is 2.06. The Hall–Kier alpha value is -2.67. The number of nitro groups is 1. The van der Waals surface area contributed by atoms with Gasteiger partial charge in [0, 0.05) is 12.1 Å². The van der Waals surface area contributed by atoms with Crippen molar-refractivity contribution in [3.63, 3.8) is 0 Å². The molecule has 94 valence electrons. The van der Waals surface area contributed by atoms with Crippen LogP contribution in [0.2, 0.25) is 0 Å².